The van der Waals surface area contributed by atoms with E-state index in [9.17, 15) is 13.8 Å². The molecule has 8 nitrogen and oxygen atoms in total. The second kappa shape index (κ2) is 7.52. The highest BCUT2D eigenvalue weighted by Crippen LogP contribution is 2.39. The van der Waals surface area contributed by atoms with Crippen LogP contribution in [0.5, 0.6) is 0 Å². The normalized spacial score (nSPS) is 23.2. The van der Waals surface area contributed by atoms with Crippen molar-refractivity contribution in [1.82, 2.24) is 14.6 Å². The number of carbonyl (C=O) groups is 1. The van der Waals surface area contributed by atoms with Gasteiger partial charge in [-0.3, -0.25) is 14.4 Å². The number of hydrogen-bond donors (Lipinski definition) is 2. The number of halogens is 1. The van der Waals surface area contributed by atoms with E-state index in [4.69, 9.17) is 15.2 Å². The number of nitrogens with one attached hydrogen (secondary N) is 1. The Morgan fingerprint density at radius 1 is 1.56 bits per heavy atom. The van der Waals surface area contributed by atoms with Gasteiger partial charge in [-0.2, -0.15) is 0 Å². The molecular weight excluding hydrogens is 374 g/mol. The topological polar surface area (TPSA) is 108 Å². The molecule has 0 unspecified atom stereocenters. The van der Waals surface area contributed by atoms with Crippen LogP contribution < -0.4 is 10.8 Å². The summed E-state index contributed by atoms with van der Waals surface area (Å²) in [5.41, 5.74) is 7.54. The van der Waals surface area contributed by atoms with Crippen LogP contribution in [0.3, 0.4) is 0 Å². The number of hydrogen-bond acceptors (Lipinski definition) is 6. The molecule has 3 rings (SSSR count). The van der Waals surface area contributed by atoms with Crippen molar-refractivity contribution < 1.29 is 23.2 Å². The summed E-state index contributed by atoms with van der Waals surface area (Å²) in [4.78, 5) is 15.5. The summed E-state index contributed by atoms with van der Waals surface area (Å²) in [6.07, 6.45) is 0.376. The summed E-state index contributed by atoms with van der Waals surface area (Å²) in [6.45, 7) is 4.49. The zero-order valence-corrected chi connectivity index (χ0v) is 16.2. The number of ketones is 1. The lowest BCUT2D eigenvalue weighted by atomic mass is 10.2. The van der Waals surface area contributed by atoms with Gasteiger partial charge >= 0.3 is 0 Å². The molecule has 1 aromatic carbocycles. The first-order valence-electron chi connectivity index (χ1n) is 8.38. The third-order valence-corrected chi connectivity index (χ3v) is 5.82. The van der Waals surface area contributed by atoms with E-state index >= 15 is 0 Å². The van der Waals surface area contributed by atoms with Gasteiger partial charge in [-0.25, -0.2) is 9.37 Å². The standard InChI is InChI=1S/C17H22FN4O4P/c1-10(11(2)23)21-27(3,24)9-25-15-7-12(18)17(26-15)22-8-20-16-13(19)5-4-6-14(16)22/h4-8,10,15,17H,9,19H2,1-3H3,(H,21,24)/t10-,15-,17+,27+/m0/s1. The quantitative estimate of drug-likeness (QED) is 0.547. The highest BCUT2D eigenvalue weighted by atomic mass is 31.2. The summed E-state index contributed by atoms with van der Waals surface area (Å²) in [5.74, 6) is -0.677. The largest absolute Gasteiger partial charge is 0.397 e. The first-order valence-corrected chi connectivity index (χ1v) is 10.7. The average Bonchev–Trinajstić information content (AvgIpc) is 3.16. The number of anilines is 1. The lowest BCUT2D eigenvalue weighted by Gasteiger charge is -2.21. The fourth-order valence-corrected chi connectivity index (χ4v) is 4.26. The number of Topliss-reactive ketones (excluding diaryl/α,β-unsaturated/α-hetero) is 1. The third kappa shape index (κ3) is 4.27. The minimum atomic E-state index is -2.96. The van der Waals surface area contributed by atoms with E-state index < -0.39 is 31.7 Å². The van der Waals surface area contributed by atoms with Gasteiger partial charge in [0.15, 0.2) is 25.6 Å². The number of rotatable bonds is 7. The highest BCUT2D eigenvalue weighted by Gasteiger charge is 2.32. The smallest absolute Gasteiger partial charge is 0.191 e. The van der Waals surface area contributed by atoms with Crippen molar-refractivity contribution >= 4 is 29.8 Å². The Labute approximate surface area is 155 Å². The van der Waals surface area contributed by atoms with Crippen molar-refractivity contribution in [2.24, 2.45) is 0 Å². The number of nitrogens with two attached hydrogens (primary N) is 1. The predicted molar refractivity (Wildman–Crippen MR) is 100 cm³/mol. The van der Waals surface area contributed by atoms with Gasteiger partial charge in [-0.05, 0) is 26.0 Å². The summed E-state index contributed by atoms with van der Waals surface area (Å²) < 4.78 is 39.5. The summed E-state index contributed by atoms with van der Waals surface area (Å²) >= 11 is 0. The van der Waals surface area contributed by atoms with E-state index in [2.05, 4.69) is 10.1 Å². The van der Waals surface area contributed by atoms with Crippen molar-refractivity contribution in [1.29, 1.82) is 0 Å². The van der Waals surface area contributed by atoms with Crippen LogP contribution in [0.25, 0.3) is 11.0 Å². The molecular formula is C17H22FN4O4P. The van der Waals surface area contributed by atoms with Gasteiger partial charge in [0.05, 0.1) is 23.6 Å². The van der Waals surface area contributed by atoms with Crippen LogP contribution in [-0.2, 0) is 18.8 Å². The molecule has 0 saturated carbocycles. The zero-order valence-electron chi connectivity index (χ0n) is 15.3. The second-order valence-corrected chi connectivity index (χ2v) is 9.35. The number of imidazole rings is 1. The van der Waals surface area contributed by atoms with Crippen molar-refractivity contribution in [3.8, 4) is 0 Å². The van der Waals surface area contributed by atoms with Gasteiger partial charge < -0.3 is 19.8 Å². The second-order valence-electron chi connectivity index (χ2n) is 6.63. The number of carbonyl (C=O) groups excluding carboxylic acids is 1. The molecule has 10 heteroatoms. The van der Waals surface area contributed by atoms with Gasteiger partial charge in [0.2, 0.25) is 0 Å². The number of benzene rings is 1. The maximum absolute atomic E-state index is 14.4. The molecule has 4 atom stereocenters. The monoisotopic (exact) mass is 396 g/mol. The Hall–Kier alpha value is -2.06. The maximum Gasteiger partial charge on any atom is 0.191 e. The number of fused-ring (bicyclic) bond motifs is 1. The minimum Gasteiger partial charge on any atom is -0.397 e. The summed E-state index contributed by atoms with van der Waals surface area (Å²) in [5, 5.41) is 2.74. The molecule has 2 aromatic rings. The van der Waals surface area contributed by atoms with E-state index in [1.165, 1.54) is 30.6 Å². The molecule has 27 heavy (non-hydrogen) atoms. The third-order valence-electron chi connectivity index (χ3n) is 4.24. The zero-order chi connectivity index (χ0) is 19.8. The molecule has 0 amide bonds. The highest BCUT2D eigenvalue weighted by molar-refractivity contribution is 7.60. The van der Waals surface area contributed by atoms with E-state index in [0.29, 0.717) is 16.7 Å². The van der Waals surface area contributed by atoms with E-state index in [1.54, 1.807) is 25.1 Å². The summed E-state index contributed by atoms with van der Waals surface area (Å²) in [6, 6.07) is 4.66. The van der Waals surface area contributed by atoms with Gasteiger partial charge in [0, 0.05) is 12.7 Å². The van der Waals surface area contributed by atoms with Crippen LogP contribution in [0.15, 0.2) is 36.4 Å². The molecule has 0 bridgehead atoms. The number of para-hydroxylation sites is 1. The average molecular weight is 396 g/mol. The van der Waals surface area contributed by atoms with Crippen molar-refractivity contribution in [3.63, 3.8) is 0 Å². The van der Waals surface area contributed by atoms with E-state index in [0.717, 1.165) is 0 Å². The van der Waals surface area contributed by atoms with Crippen molar-refractivity contribution in [3.05, 3.63) is 36.4 Å². The van der Waals surface area contributed by atoms with Crippen LogP contribution in [0.2, 0.25) is 0 Å². The number of aromatic nitrogens is 2. The Bertz CT molecular complexity index is 944. The van der Waals surface area contributed by atoms with Gasteiger partial charge in [-0.1, -0.05) is 6.07 Å². The van der Waals surface area contributed by atoms with Gasteiger partial charge in [0.1, 0.15) is 17.6 Å². The van der Waals surface area contributed by atoms with Gasteiger partial charge in [-0.15, -0.1) is 0 Å². The number of nitrogen functional groups attached to an aromatic ring is 1. The molecule has 1 aromatic heterocycles. The predicted octanol–water partition coefficient (Wildman–Crippen LogP) is 2.78. The molecule has 2 heterocycles. The van der Waals surface area contributed by atoms with Crippen LogP contribution in [-0.4, -0.2) is 40.7 Å². The molecule has 3 N–H and O–H groups in total. The van der Waals surface area contributed by atoms with E-state index in [-0.39, 0.29) is 12.1 Å². The first-order chi connectivity index (χ1) is 12.7. The van der Waals surface area contributed by atoms with Crippen molar-refractivity contribution in [2.45, 2.75) is 32.4 Å². The first kappa shape index (κ1) is 19.7. The maximum atomic E-state index is 14.4. The molecule has 0 aliphatic carbocycles. The molecule has 146 valence electrons. The fourth-order valence-electron chi connectivity index (χ4n) is 2.75. The Morgan fingerprint density at radius 2 is 2.30 bits per heavy atom. The van der Waals surface area contributed by atoms with E-state index in [1.807, 2.05) is 0 Å². The van der Waals surface area contributed by atoms with Crippen LogP contribution in [0.4, 0.5) is 10.1 Å². The van der Waals surface area contributed by atoms with Crippen molar-refractivity contribution in [2.75, 3.05) is 18.7 Å². The molecule has 1 aliphatic rings. The molecule has 0 saturated heterocycles. The number of nitrogens with zero attached hydrogens (tertiary/aromatic N) is 2. The minimum absolute atomic E-state index is 0.133. The van der Waals surface area contributed by atoms with Crippen LogP contribution >= 0.6 is 7.29 Å². The Balaban J connectivity index is 1.67. The Kier molecular flexibility index (Phi) is 5.48. The summed E-state index contributed by atoms with van der Waals surface area (Å²) in [7, 11) is -2.96. The lowest BCUT2D eigenvalue weighted by molar-refractivity contribution is -0.128. The molecule has 0 fully saturated rings. The SMILES string of the molecule is CC(=O)[C@H](C)N[P@](C)(=O)CO[C@@H]1C=C(F)[C@H](n2cnc3c(N)cccc32)O1. The Morgan fingerprint density at radius 3 is 3.00 bits per heavy atom. The lowest BCUT2D eigenvalue weighted by Crippen LogP contribution is -2.31. The fraction of sp³-hybridized carbons (Fsp3) is 0.412. The molecule has 0 radical (unpaired) electrons. The van der Waals surface area contributed by atoms with Gasteiger partial charge in [0.25, 0.3) is 0 Å². The van der Waals surface area contributed by atoms with Crippen LogP contribution in [0.1, 0.15) is 20.1 Å². The molecule has 0 spiro atoms. The molecule has 1 aliphatic heterocycles. The van der Waals surface area contributed by atoms with Crippen LogP contribution in [0, 0.1) is 0 Å². The number of ether oxygens (including phenoxy) is 2.